The average molecular weight is 326 g/mol. The molecule has 1 saturated heterocycles. The Bertz CT molecular complexity index is 394. The summed E-state index contributed by atoms with van der Waals surface area (Å²) < 4.78 is 0. The van der Waals surface area contributed by atoms with Crippen LogP contribution in [-0.2, 0) is 4.79 Å². The smallest absolute Gasteiger partial charge is 0.237 e. The number of thiazole rings is 1. The van der Waals surface area contributed by atoms with E-state index < -0.39 is 0 Å². The maximum absolute atomic E-state index is 12.0. The van der Waals surface area contributed by atoms with Crippen LogP contribution in [0.3, 0.4) is 0 Å². The second kappa shape index (κ2) is 8.74. The number of halogens is 2. The third-order valence-corrected chi connectivity index (χ3v) is 4.14. The lowest BCUT2D eigenvalue weighted by Gasteiger charge is -2.24. The molecular weight excluding hydrogens is 305 g/mol. The number of carbonyl (C=O) groups is 1. The van der Waals surface area contributed by atoms with Gasteiger partial charge in [0.2, 0.25) is 5.91 Å². The molecule has 1 aromatic heterocycles. The number of aryl methyl sites for hydroxylation is 1. The minimum absolute atomic E-state index is 0. The Kier molecular flexibility index (Phi) is 8.57. The van der Waals surface area contributed by atoms with Crippen molar-refractivity contribution in [2.24, 2.45) is 0 Å². The molecule has 1 aliphatic rings. The molecule has 0 aromatic carbocycles. The normalized spacial score (nSPS) is 19.8. The Morgan fingerprint density at radius 2 is 2.26 bits per heavy atom. The molecule has 1 amide bonds. The molecule has 7 heteroatoms. The fourth-order valence-electron chi connectivity index (χ4n) is 2.02. The molecule has 1 aromatic rings. The lowest BCUT2D eigenvalue weighted by atomic mass is 10.0. The summed E-state index contributed by atoms with van der Waals surface area (Å²) in [4.78, 5) is 16.4. The molecule has 2 atom stereocenters. The molecule has 0 saturated carbocycles. The van der Waals surface area contributed by atoms with Crippen molar-refractivity contribution in [3.8, 4) is 0 Å². The number of amides is 1. The average Bonchev–Trinajstić information content (AvgIpc) is 2.77. The van der Waals surface area contributed by atoms with Crippen LogP contribution >= 0.6 is 36.2 Å². The lowest BCUT2D eigenvalue weighted by molar-refractivity contribution is -0.124. The minimum Gasteiger partial charge on any atom is -0.346 e. The van der Waals surface area contributed by atoms with Crippen LogP contribution in [0, 0.1) is 6.92 Å². The first-order chi connectivity index (χ1) is 8.16. The minimum atomic E-state index is -0.0211. The number of rotatable bonds is 3. The second-order valence-corrected chi connectivity index (χ2v) is 5.45. The van der Waals surface area contributed by atoms with E-state index in [9.17, 15) is 4.79 Å². The SMILES string of the molecule is Cc1csc(C(C)NC(=O)[C@@H]2CCCCN2)n1.Cl.Cl. The highest BCUT2D eigenvalue weighted by Gasteiger charge is 2.22. The van der Waals surface area contributed by atoms with E-state index in [0.29, 0.717) is 0 Å². The van der Waals surface area contributed by atoms with Gasteiger partial charge < -0.3 is 10.6 Å². The predicted octanol–water partition coefficient (Wildman–Crippen LogP) is 2.61. The zero-order chi connectivity index (χ0) is 12.3. The van der Waals surface area contributed by atoms with Gasteiger partial charge >= 0.3 is 0 Å². The van der Waals surface area contributed by atoms with Crippen LogP contribution in [0.2, 0.25) is 0 Å². The number of carbonyl (C=O) groups excluding carboxylic acids is 1. The van der Waals surface area contributed by atoms with Crippen LogP contribution in [0.25, 0.3) is 0 Å². The number of hydrogen-bond acceptors (Lipinski definition) is 4. The topological polar surface area (TPSA) is 54.0 Å². The Morgan fingerprint density at radius 1 is 1.53 bits per heavy atom. The van der Waals surface area contributed by atoms with E-state index in [4.69, 9.17) is 0 Å². The summed E-state index contributed by atoms with van der Waals surface area (Å²) in [5, 5.41) is 9.27. The number of aromatic nitrogens is 1. The van der Waals surface area contributed by atoms with Gasteiger partial charge in [-0.15, -0.1) is 36.2 Å². The van der Waals surface area contributed by atoms with Gasteiger partial charge in [0, 0.05) is 11.1 Å². The summed E-state index contributed by atoms with van der Waals surface area (Å²) in [7, 11) is 0. The fraction of sp³-hybridized carbons (Fsp3) is 0.667. The molecule has 0 bridgehead atoms. The second-order valence-electron chi connectivity index (χ2n) is 4.56. The van der Waals surface area contributed by atoms with Crippen molar-refractivity contribution < 1.29 is 4.79 Å². The molecule has 0 radical (unpaired) electrons. The first-order valence-corrected chi connectivity index (χ1v) is 7.00. The van der Waals surface area contributed by atoms with Gasteiger partial charge in [0.15, 0.2) is 0 Å². The van der Waals surface area contributed by atoms with E-state index >= 15 is 0 Å². The molecule has 4 nitrogen and oxygen atoms in total. The standard InChI is InChI=1S/C12H19N3OS.2ClH/c1-8-7-17-12(14-8)9(2)15-11(16)10-5-3-4-6-13-10;;/h7,9-10,13H,3-6H2,1-2H3,(H,15,16);2*1H/t9?,10-;;/m0../s1. The van der Waals surface area contributed by atoms with Gasteiger partial charge in [0.1, 0.15) is 5.01 Å². The van der Waals surface area contributed by atoms with Gasteiger partial charge in [-0.2, -0.15) is 0 Å². The van der Waals surface area contributed by atoms with Crippen molar-refractivity contribution in [2.75, 3.05) is 6.54 Å². The number of hydrogen-bond donors (Lipinski definition) is 2. The summed E-state index contributed by atoms with van der Waals surface area (Å²) >= 11 is 1.60. The highest BCUT2D eigenvalue weighted by Crippen LogP contribution is 2.18. The highest BCUT2D eigenvalue weighted by atomic mass is 35.5. The molecule has 110 valence electrons. The summed E-state index contributed by atoms with van der Waals surface area (Å²) in [5.41, 5.74) is 1.02. The summed E-state index contributed by atoms with van der Waals surface area (Å²) in [6.45, 7) is 4.90. The van der Waals surface area contributed by atoms with Crippen LogP contribution in [0.4, 0.5) is 0 Å². The van der Waals surface area contributed by atoms with E-state index in [0.717, 1.165) is 30.1 Å². The van der Waals surface area contributed by atoms with Crippen molar-refractivity contribution in [3.05, 3.63) is 16.1 Å². The maximum atomic E-state index is 12.0. The van der Waals surface area contributed by atoms with E-state index in [1.165, 1.54) is 6.42 Å². The summed E-state index contributed by atoms with van der Waals surface area (Å²) in [6, 6.07) is -0.0165. The summed E-state index contributed by atoms with van der Waals surface area (Å²) in [6.07, 6.45) is 3.25. The van der Waals surface area contributed by atoms with Gasteiger partial charge in [0.05, 0.1) is 12.1 Å². The zero-order valence-corrected chi connectivity index (χ0v) is 13.6. The largest absolute Gasteiger partial charge is 0.346 e. The van der Waals surface area contributed by atoms with Crippen molar-refractivity contribution in [3.63, 3.8) is 0 Å². The van der Waals surface area contributed by atoms with E-state index in [-0.39, 0.29) is 42.8 Å². The Balaban J connectivity index is 0.00000162. The molecule has 1 aliphatic heterocycles. The third-order valence-electron chi connectivity index (χ3n) is 2.99. The molecule has 2 N–H and O–H groups in total. The van der Waals surface area contributed by atoms with E-state index in [1.807, 2.05) is 19.2 Å². The van der Waals surface area contributed by atoms with Gasteiger partial charge in [-0.25, -0.2) is 4.98 Å². The van der Waals surface area contributed by atoms with Gasteiger partial charge in [-0.3, -0.25) is 4.79 Å². The van der Waals surface area contributed by atoms with Crippen LogP contribution in [-0.4, -0.2) is 23.5 Å². The Morgan fingerprint density at radius 3 is 2.79 bits per heavy atom. The molecule has 2 heterocycles. The number of nitrogens with zero attached hydrogens (tertiary/aromatic N) is 1. The Labute approximate surface area is 130 Å². The van der Waals surface area contributed by atoms with Gasteiger partial charge in [0.25, 0.3) is 0 Å². The molecule has 1 fully saturated rings. The van der Waals surface area contributed by atoms with Gasteiger partial charge in [-0.1, -0.05) is 6.42 Å². The molecule has 19 heavy (non-hydrogen) atoms. The monoisotopic (exact) mass is 325 g/mol. The van der Waals surface area contributed by atoms with Crippen molar-refractivity contribution in [1.82, 2.24) is 15.6 Å². The van der Waals surface area contributed by atoms with Crippen LogP contribution < -0.4 is 10.6 Å². The molecule has 0 spiro atoms. The number of piperidine rings is 1. The van der Waals surface area contributed by atoms with Crippen molar-refractivity contribution in [1.29, 1.82) is 0 Å². The van der Waals surface area contributed by atoms with Crippen molar-refractivity contribution >= 4 is 42.1 Å². The van der Waals surface area contributed by atoms with E-state index in [2.05, 4.69) is 15.6 Å². The molecule has 2 rings (SSSR count). The van der Waals surface area contributed by atoms with Gasteiger partial charge in [-0.05, 0) is 33.2 Å². The highest BCUT2D eigenvalue weighted by molar-refractivity contribution is 7.09. The predicted molar refractivity (Wildman–Crippen MR) is 83.5 cm³/mol. The van der Waals surface area contributed by atoms with Crippen LogP contribution in [0.1, 0.15) is 42.9 Å². The molecule has 1 unspecified atom stereocenters. The Hall–Kier alpha value is -0.360. The van der Waals surface area contributed by atoms with E-state index in [1.54, 1.807) is 11.3 Å². The number of nitrogens with one attached hydrogen (secondary N) is 2. The first kappa shape index (κ1) is 18.6. The third kappa shape index (κ3) is 5.26. The summed E-state index contributed by atoms with van der Waals surface area (Å²) in [5.74, 6) is 0.102. The van der Waals surface area contributed by atoms with Crippen LogP contribution in [0.15, 0.2) is 5.38 Å². The van der Waals surface area contributed by atoms with Crippen molar-refractivity contribution in [2.45, 2.75) is 45.2 Å². The molecule has 0 aliphatic carbocycles. The lowest BCUT2D eigenvalue weighted by Crippen LogP contribution is -2.47. The maximum Gasteiger partial charge on any atom is 0.237 e. The first-order valence-electron chi connectivity index (χ1n) is 6.12. The van der Waals surface area contributed by atoms with Crippen LogP contribution in [0.5, 0.6) is 0 Å². The molecular formula is C12H21Cl2N3OS. The fourth-order valence-corrected chi connectivity index (χ4v) is 2.83. The quantitative estimate of drug-likeness (QED) is 0.898. The zero-order valence-electron chi connectivity index (χ0n) is 11.1.